The lowest BCUT2D eigenvalue weighted by Crippen LogP contribution is -1.95. The molecule has 0 amide bonds. The Hall–Kier alpha value is -1.96. The summed E-state index contributed by atoms with van der Waals surface area (Å²) in [7, 11) is 0. The third-order valence-electron chi connectivity index (χ3n) is 2.56. The monoisotopic (exact) mass is 227 g/mol. The Morgan fingerprint density at radius 2 is 1.82 bits per heavy atom. The molecule has 0 aliphatic heterocycles. The van der Waals surface area contributed by atoms with Crippen molar-refractivity contribution in [2.75, 3.05) is 11.9 Å². The van der Waals surface area contributed by atoms with Gasteiger partial charge in [0, 0.05) is 11.4 Å². The molecule has 88 valence electrons. The highest BCUT2D eigenvalue weighted by atomic mass is 16.5. The van der Waals surface area contributed by atoms with Crippen LogP contribution in [-0.2, 0) is 0 Å². The van der Waals surface area contributed by atoms with Crippen LogP contribution < -0.4 is 10.1 Å². The van der Waals surface area contributed by atoms with Gasteiger partial charge in [-0.3, -0.25) is 0 Å². The van der Waals surface area contributed by atoms with Gasteiger partial charge in [0.05, 0.1) is 6.61 Å². The molecule has 2 aromatic rings. The number of rotatable bonds is 4. The molecule has 0 bridgehead atoms. The number of benzene rings is 2. The van der Waals surface area contributed by atoms with Gasteiger partial charge in [-0.15, -0.1) is 0 Å². The summed E-state index contributed by atoms with van der Waals surface area (Å²) in [6.45, 7) is 4.77. The zero-order valence-electron chi connectivity index (χ0n) is 10.2. The van der Waals surface area contributed by atoms with Crippen LogP contribution in [0.5, 0.6) is 5.75 Å². The van der Waals surface area contributed by atoms with Crippen LogP contribution in [-0.4, -0.2) is 6.61 Å². The number of para-hydroxylation sites is 1. The number of hydrogen-bond donors (Lipinski definition) is 1. The summed E-state index contributed by atoms with van der Waals surface area (Å²) in [6, 6.07) is 16.2. The van der Waals surface area contributed by atoms with E-state index in [1.54, 1.807) is 0 Å². The third kappa shape index (κ3) is 3.00. The molecule has 0 unspecified atom stereocenters. The minimum Gasteiger partial charge on any atom is -0.494 e. The molecular weight excluding hydrogens is 210 g/mol. The van der Waals surface area contributed by atoms with Crippen molar-refractivity contribution in [3.05, 3.63) is 54.1 Å². The molecule has 0 fully saturated rings. The van der Waals surface area contributed by atoms with Crippen molar-refractivity contribution in [2.24, 2.45) is 0 Å². The van der Waals surface area contributed by atoms with Gasteiger partial charge < -0.3 is 10.1 Å². The van der Waals surface area contributed by atoms with Crippen LogP contribution in [0.1, 0.15) is 12.5 Å². The van der Waals surface area contributed by atoms with Crippen LogP contribution in [0.3, 0.4) is 0 Å². The average molecular weight is 227 g/mol. The van der Waals surface area contributed by atoms with Crippen LogP contribution in [0, 0.1) is 6.92 Å². The van der Waals surface area contributed by atoms with Gasteiger partial charge in [0.1, 0.15) is 5.75 Å². The van der Waals surface area contributed by atoms with E-state index < -0.39 is 0 Å². The maximum atomic E-state index is 5.46. The molecule has 0 saturated carbocycles. The molecule has 0 spiro atoms. The van der Waals surface area contributed by atoms with Gasteiger partial charge in [-0.05, 0) is 49.7 Å². The Morgan fingerprint density at radius 1 is 1.06 bits per heavy atom. The lowest BCUT2D eigenvalue weighted by molar-refractivity contribution is 0.340. The van der Waals surface area contributed by atoms with Crippen LogP contribution >= 0.6 is 0 Å². The lowest BCUT2D eigenvalue weighted by Gasteiger charge is -2.11. The standard InChI is InChI=1S/C15H17NO/c1-3-17-14-9-10-15(12(2)11-14)16-13-7-5-4-6-8-13/h4-11,16H,3H2,1-2H3. The highest BCUT2D eigenvalue weighted by Crippen LogP contribution is 2.24. The number of aryl methyl sites for hydroxylation is 1. The Bertz CT molecular complexity index is 480. The largest absolute Gasteiger partial charge is 0.494 e. The van der Waals surface area contributed by atoms with Gasteiger partial charge in [-0.2, -0.15) is 0 Å². The molecule has 17 heavy (non-hydrogen) atoms. The number of nitrogens with one attached hydrogen (secondary N) is 1. The summed E-state index contributed by atoms with van der Waals surface area (Å²) in [5.74, 6) is 0.920. The van der Waals surface area contributed by atoms with Gasteiger partial charge >= 0.3 is 0 Å². The highest BCUT2D eigenvalue weighted by Gasteiger charge is 2.00. The summed E-state index contributed by atoms with van der Waals surface area (Å²) in [6.07, 6.45) is 0. The first kappa shape index (κ1) is 11.5. The zero-order chi connectivity index (χ0) is 12.1. The van der Waals surface area contributed by atoms with E-state index in [4.69, 9.17) is 4.74 Å². The summed E-state index contributed by atoms with van der Waals surface area (Å²) in [5, 5.41) is 3.39. The van der Waals surface area contributed by atoms with Crippen LogP contribution in [0.4, 0.5) is 11.4 Å². The molecule has 0 aliphatic rings. The fraction of sp³-hybridized carbons (Fsp3) is 0.200. The van der Waals surface area contributed by atoms with Crippen molar-refractivity contribution in [1.82, 2.24) is 0 Å². The van der Waals surface area contributed by atoms with E-state index >= 15 is 0 Å². The number of ether oxygens (including phenoxy) is 1. The van der Waals surface area contributed by atoms with Crippen molar-refractivity contribution in [1.29, 1.82) is 0 Å². The predicted octanol–water partition coefficient (Wildman–Crippen LogP) is 4.14. The summed E-state index contributed by atoms with van der Waals surface area (Å²) in [5.41, 5.74) is 3.39. The van der Waals surface area contributed by atoms with Crippen molar-refractivity contribution in [3.63, 3.8) is 0 Å². The van der Waals surface area contributed by atoms with Crippen molar-refractivity contribution in [3.8, 4) is 5.75 Å². The molecule has 0 aliphatic carbocycles. The first-order valence-corrected chi connectivity index (χ1v) is 5.85. The fourth-order valence-electron chi connectivity index (χ4n) is 1.71. The van der Waals surface area contributed by atoms with E-state index in [2.05, 4.69) is 30.4 Å². The Kier molecular flexibility index (Phi) is 3.66. The smallest absolute Gasteiger partial charge is 0.119 e. The number of anilines is 2. The normalized spacial score (nSPS) is 10.0. The second kappa shape index (κ2) is 5.39. The minimum atomic E-state index is 0.699. The average Bonchev–Trinajstić information content (AvgIpc) is 2.34. The molecule has 2 heteroatoms. The van der Waals surface area contributed by atoms with E-state index in [9.17, 15) is 0 Å². The van der Waals surface area contributed by atoms with Crippen molar-refractivity contribution in [2.45, 2.75) is 13.8 Å². The molecule has 2 nitrogen and oxygen atoms in total. The molecule has 2 rings (SSSR count). The predicted molar refractivity (Wildman–Crippen MR) is 72.1 cm³/mol. The van der Waals surface area contributed by atoms with Gasteiger partial charge in [0.2, 0.25) is 0 Å². The Morgan fingerprint density at radius 3 is 2.47 bits per heavy atom. The van der Waals surface area contributed by atoms with E-state index in [0.717, 1.165) is 17.1 Å². The van der Waals surface area contributed by atoms with E-state index in [0.29, 0.717) is 6.61 Å². The molecule has 0 saturated heterocycles. The Balaban J connectivity index is 2.17. The van der Waals surface area contributed by atoms with E-state index in [1.807, 2.05) is 37.3 Å². The maximum Gasteiger partial charge on any atom is 0.119 e. The van der Waals surface area contributed by atoms with Crippen LogP contribution in [0.15, 0.2) is 48.5 Å². The second-order valence-electron chi connectivity index (χ2n) is 3.90. The highest BCUT2D eigenvalue weighted by molar-refractivity contribution is 5.63. The molecule has 0 radical (unpaired) electrons. The van der Waals surface area contributed by atoms with E-state index in [-0.39, 0.29) is 0 Å². The first-order chi connectivity index (χ1) is 8.29. The Labute approximate surface area is 102 Å². The first-order valence-electron chi connectivity index (χ1n) is 5.85. The van der Waals surface area contributed by atoms with E-state index in [1.165, 1.54) is 5.56 Å². The molecule has 1 N–H and O–H groups in total. The van der Waals surface area contributed by atoms with Crippen LogP contribution in [0.2, 0.25) is 0 Å². The topological polar surface area (TPSA) is 21.3 Å². The minimum absolute atomic E-state index is 0.699. The van der Waals surface area contributed by atoms with Gasteiger partial charge in [-0.25, -0.2) is 0 Å². The van der Waals surface area contributed by atoms with Crippen molar-refractivity contribution < 1.29 is 4.74 Å². The van der Waals surface area contributed by atoms with Gasteiger partial charge in [0.25, 0.3) is 0 Å². The molecular formula is C15H17NO. The van der Waals surface area contributed by atoms with Crippen LogP contribution in [0.25, 0.3) is 0 Å². The summed E-state index contributed by atoms with van der Waals surface area (Å²) >= 11 is 0. The SMILES string of the molecule is CCOc1ccc(Nc2ccccc2)c(C)c1. The molecule has 0 atom stereocenters. The summed E-state index contributed by atoms with van der Waals surface area (Å²) in [4.78, 5) is 0. The van der Waals surface area contributed by atoms with Crippen molar-refractivity contribution >= 4 is 11.4 Å². The molecule has 0 heterocycles. The maximum absolute atomic E-state index is 5.46. The quantitative estimate of drug-likeness (QED) is 0.847. The zero-order valence-corrected chi connectivity index (χ0v) is 10.2. The summed E-state index contributed by atoms with van der Waals surface area (Å²) < 4.78 is 5.46. The van der Waals surface area contributed by atoms with Gasteiger partial charge in [0.15, 0.2) is 0 Å². The molecule has 2 aromatic carbocycles. The van der Waals surface area contributed by atoms with Gasteiger partial charge in [-0.1, -0.05) is 18.2 Å². The fourth-order valence-corrected chi connectivity index (χ4v) is 1.71. The molecule has 0 aromatic heterocycles. The third-order valence-corrected chi connectivity index (χ3v) is 2.56. The number of hydrogen-bond acceptors (Lipinski definition) is 2. The lowest BCUT2D eigenvalue weighted by atomic mass is 10.2. The second-order valence-corrected chi connectivity index (χ2v) is 3.90.